The molecule has 1 heterocycles. The third kappa shape index (κ3) is 2.81. The second-order valence-corrected chi connectivity index (χ2v) is 4.22. The van der Waals surface area contributed by atoms with Crippen molar-refractivity contribution in [3.8, 4) is 5.75 Å². The SMILES string of the molecule is NCc1cc(COc2ccccc2)cs1. The highest BCUT2D eigenvalue weighted by atomic mass is 32.1. The van der Waals surface area contributed by atoms with Gasteiger partial charge in [-0.2, -0.15) is 0 Å². The summed E-state index contributed by atoms with van der Waals surface area (Å²) in [7, 11) is 0. The molecule has 2 nitrogen and oxygen atoms in total. The number of rotatable bonds is 4. The first-order valence-electron chi connectivity index (χ1n) is 4.82. The van der Waals surface area contributed by atoms with Crippen LogP contribution in [0.4, 0.5) is 0 Å². The number of ether oxygens (including phenoxy) is 1. The lowest BCUT2D eigenvalue weighted by atomic mass is 10.3. The molecule has 78 valence electrons. The molecular formula is C12H13NOS. The molecule has 1 aromatic carbocycles. The predicted octanol–water partition coefficient (Wildman–Crippen LogP) is 2.79. The second-order valence-electron chi connectivity index (χ2n) is 3.23. The van der Waals surface area contributed by atoms with Crippen LogP contribution in [0.2, 0.25) is 0 Å². The minimum Gasteiger partial charge on any atom is -0.489 e. The molecule has 0 spiro atoms. The van der Waals surface area contributed by atoms with Gasteiger partial charge in [-0.05, 0) is 23.6 Å². The van der Waals surface area contributed by atoms with Crippen molar-refractivity contribution < 1.29 is 4.74 Å². The van der Waals surface area contributed by atoms with E-state index in [2.05, 4.69) is 11.4 Å². The van der Waals surface area contributed by atoms with Crippen molar-refractivity contribution in [2.75, 3.05) is 0 Å². The summed E-state index contributed by atoms with van der Waals surface area (Å²) in [6.07, 6.45) is 0. The summed E-state index contributed by atoms with van der Waals surface area (Å²) in [4.78, 5) is 1.20. The Labute approximate surface area is 93.3 Å². The number of hydrogen-bond acceptors (Lipinski definition) is 3. The molecule has 0 saturated heterocycles. The first kappa shape index (κ1) is 10.2. The van der Waals surface area contributed by atoms with Crippen LogP contribution in [-0.2, 0) is 13.2 Å². The first-order chi connectivity index (χ1) is 7.38. The van der Waals surface area contributed by atoms with Crippen LogP contribution >= 0.6 is 11.3 Å². The second kappa shape index (κ2) is 4.96. The van der Waals surface area contributed by atoms with Crippen molar-refractivity contribution in [1.29, 1.82) is 0 Å². The van der Waals surface area contributed by atoms with E-state index < -0.39 is 0 Å². The van der Waals surface area contributed by atoms with Crippen LogP contribution in [0.25, 0.3) is 0 Å². The van der Waals surface area contributed by atoms with Crippen molar-refractivity contribution >= 4 is 11.3 Å². The van der Waals surface area contributed by atoms with Gasteiger partial charge in [0.25, 0.3) is 0 Å². The summed E-state index contributed by atoms with van der Waals surface area (Å²) in [5, 5.41) is 2.09. The average Bonchev–Trinajstić information content (AvgIpc) is 2.76. The zero-order chi connectivity index (χ0) is 10.5. The average molecular weight is 219 g/mol. The molecule has 3 heteroatoms. The third-order valence-corrected chi connectivity index (χ3v) is 3.07. The Bertz CT molecular complexity index is 411. The molecule has 0 saturated carbocycles. The van der Waals surface area contributed by atoms with Crippen LogP contribution in [0.3, 0.4) is 0 Å². The number of nitrogens with two attached hydrogens (primary N) is 1. The van der Waals surface area contributed by atoms with Gasteiger partial charge in [-0.15, -0.1) is 11.3 Å². The fourth-order valence-electron chi connectivity index (χ4n) is 1.29. The van der Waals surface area contributed by atoms with Crippen molar-refractivity contribution in [3.63, 3.8) is 0 Å². The van der Waals surface area contributed by atoms with Crippen molar-refractivity contribution in [2.24, 2.45) is 5.73 Å². The highest BCUT2D eigenvalue weighted by Crippen LogP contribution is 2.16. The van der Waals surface area contributed by atoms with E-state index in [1.54, 1.807) is 11.3 Å². The van der Waals surface area contributed by atoms with E-state index in [4.69, 9.17) is 10.5 Å². The van der Waals surface area contributed by atoms with Gasteiger partial charge in [0.2, 0.25) is 0 Å². The molecule has 0 unspecified atom stereocenters. The van der Waals surface area contributed by atoms with Gasteiger partial charge in [0, 0.05) is 17.0 Å². The van der Waals surface area contributed by atoms with Crippen molar-refractivity contribution in [1.82, 2.24) is 0 Å². The molecular weight excluding hydrogens is 206 g/mol. The molecule has 2 N–H and O–H groups in total. The molecule has 0 atom stereocenters. The van der Waals surface area contributed by atoms with Crippen LogP contribution in [0, 0.1) is 0 Å². The highest BCUT2D eigenvalue weighted by molar-refractivity contribution is 7.10. The van der Waals surface area contributed by atoms with E-state index in [9.17, 15) is 0 Å². The summed E-state index contributed by atoms with van der Waals surface area (Å²) in [6.45, 7) is 1.22. The maximum atomic E-state index is 5.62. The number of para-hydroxylation sites is 1. The highest BCUT2D eigenvalue weighted by Gasteiger charge is 1.99. The smallest absolute Gasteiger partial charge is 0.119 e. The zero-order valence-electron chi connectivity index (χ0n) is 8.35. The molecule has 0 aliphatic heterocycles. The van der Waals surface area contributed by atoms with E-state index in [-0.39, 0.29) is 0 Å². The van der Waals surface area contributed by atoms with Gasteiger partial charge in [0.05, 0.1) is 0 Å². The Hall–Kier alpha value is -1.32. The summed E-state index contributed by atoms with van der Waals surface area (Å²) < 4.78 is 5.62. The third-order valence-electron chi connectivity index (χ3n) is 2.06. The lowest BCUT2D eigenvalue weighted by Gasteiger charge is -2.03. The Kier molecular flexibility index (Phi) is 3.37. The van der Waals surface area contributed by atoms with E-state index in [0.29, 0.717) is 13.2 Å². The van der Waals surface area contributed by atoms with Gasteiger partial charge in [0.15, 0.2) is 0 Å². The predicted molar refractivity (Wildman–Crippen MR) is 63.0 cm³/mol. The quantitative estimate of drug-likeness (QED) is 0.858. The summed E-state index contributed by atoms with van der Waals surface area (Å²) in [5.41, 5.74) is 6.72. The fraction of sp³-hybridized carbons (Fsp3) is 0.167. The minimum atomic E-state index is 0.607. The largest absolute Gasteiger partial charge is 0.489 e. The minimum absolute atomic E-state index is 0.607. The van der Waals surface area contributed by atoms with Gasteiger partial charge in [-0.1, -0.05) is 18.2 Å². The molecule has 2 rings (SSSR count). The molecule has 0 aliphatic carbocycles. The van der Waals surface area contributed by atoms with Gasteiger partial charge < -0.3 is 10.5 Å². The normalized spacial score (nSPS) is 10.2. The standard InChI is InChI=1S/C12H13NOS/c13-7-12-6-10(9-15-12)8-14-11-4-2-1-3-5-11/h1-6,9H,7-8,13H2. The lowest BCUT2D eigenvalue weighted by Crippen LogP contribution is -1.94. The van der Waals surface area contributed by atoms with Crippen LogP contribution in [0.15, 0.2) is 41.8 Å². The Morgan fingerprint density at radius 3 is 2.67 bits per heavy atom. The molecule has 0 aliphatic rings. The number of benzene rings is 1. The molecule has 0 radical (unpaired) electrons. The van der Waals surface area contributed by atoms with Gasteiger partial charge in [-0.25, -0.2) is 0 Å². The fourth-order valence-corrected chi connectivity index (χ4v) is 2.05. The Balaban J connectivity index is 1.93. The van der Waals surface area contributed by atoms with Gasteiger partial charge in [-0.3, -0.25) is 0 Å². The maximum Gasteiger partial charge on any atom is 0.119 e. The van der Waals surface area contributed by atoms with Gasteiger partial charge >= 0.3 is 0 Å². The molecule has 1 aromatic heterocycles. The molecule has 15 heavy (non-hydrogen) atoms. The summed E-state index contributed by atoms with van der Waals surface area (Å²) in [5.74, 6) is 0.901. The first-order valence-corrected chi connectivity index (χ1v) is 5.70. The van der Waals surface area contributed by atoms with Crippen LogP contribution in [0.1, 0.15) is 10.4 Å². The van der Waals surface area contributed by atoms with Crippen LogP contribution in [-0.4, -0.2) is 0 Å². The van der Waals surface area contributed by atoms with Crippen molar-refractivity contribution in [3.05, 3.63) is 52.2 Å². The molecule has 0 amide bonds. The van der Waals surface area contributed by atoms with E-state index in [1.165, 1.54) is 10.4 Å². The van der Waals surface area contributed by atoms with Gasteiger partial charge in [0.1, 0.15) is 12.4 Å². The molecule has 0 bridgehead atoms. The summed E-state index contributed by atoms with van der Waals surface area (Å²) in [6, 6.07) is 11.9. The lowest BCUT2D eigenvalue weighted by molar-refractivity contribution is 0.306. The zero-order valence-corrected chi connectivity index (χ0v) is 9.17. The molecule has 0 fully saturated rings. The maximum absolute atomic E-state index is 5.62. The monoisotopic (exact) mass is 219 g/mol. The van der Waals surface area contributed by atoms with Crippen molar-refractivity contribution in [2.45, 2.75) is 13.2 Å². The van der Waals surface area contributed by atoms with Crippen LogP contribution in [0.5, 0.6) is 5.75 Å². The summed E-state index contributed by atoms with van der Waals surface area (Å²) >= 11 is 1.68. The van der Waals surface area contributed by atoms with E-state index in [1.807, 2.05) is 30.3 Å². The number of hydrogen-bond donors (Lipinski definition) is 1. The Morgan fingerprint density at radius 2 is 2.00 bits per heavy atom. The Morgan fingerprint density at radius 1 is 1.20 bits per heavy atom. The molecule has 2 aromatic rings. The van der Waals surface area contributed by atoms with E-state index >= 15 is 0 Å². The topological polar surface area (TPSA) is 35.2 Å². The number of thiophene rings is 1. The van der Waals surface area contributed by atoms with E-state index in [0.717, 1.165) is 5.75 Å². The van der Waals surface area contributed by atoms with Crippen LogP contribution < -0.4 is 10.5 Å².